The number of nitrogens with one attached hydrogen (secondary N) is 1. The number of benzene rings is 2. The van der Waals surface area contributed by atoms with Gasteiger partial charge in [0.15, 0.2) is 0 Å². The van der Waals surface area contributed by atoms with E-state index in [1.807, 2.05) is 0 Å². The maximum absolute atomic E-state index is 12.8. The Labute approximate surface area is 165 Å². The van der Waals surface area contributed by atoms with Crippen LogP contribution in [0.25, 0.3) is 11.1 Å². The lowest BCUT2D eigenvalue weighted by Crippen LogP contribution is -2.34. The smallest absolute Gasteiger partial charge is 0.416 e. The number of alkyl halides is 3. The van der Waals surface area contributed by atoms with Gasteiger partial charge in [-0.2, -0.15) is 13.2 Å². The second-order valence-corrected chi connectivity index (χ2v) is 6.65. The minimum Gasteiger partial charge on any atom is -0.481 e. The lowest BCUT2D eigenvalue weighted by atomic mass is 9.97. The Morgan fingerprint density at radius 2 is 1.76 bits per heavy atom. The molecule has 4 nitrogen and oxygen atoms in total. The second kappa shape index (κ2) is 8.34. The fourth-order valence-corrected chi connectivity index (χ4v) is 3.10. The van der Waals surface area contributed by atoms with Crippen LogP contribution in [0.2, 0.25) is 0 Å². The molecule has 2 N–H and O–H groups in total. The van der Waals surface area contributed by atoms with Gasteiger partial charge in [0.05, 0.1) is 18.0 Å². The van der Waals surface area contributed by atoms with Crippen molar-refractivity contribution in [2.75, 3.05) is 0 Å². The van der Waals surface area contributed by atoms with Crippen LogP contribution in [0, 0.1) is 0 Å². The fourth-order valence-electron chi connectivity index (χ4n) is 3.10. The molecule has 0 aromatic heterocycles. The average Bonchev–Trinajstić information content (AvgIpc) is 2.68. The first-order chi connectivity index (χ1) is 13.7. The first kappa shape index (κ1) is 20.4. The number of carboxylic acid groups (broad SMARTS) is 1. The Bertz CT molecular complexity index is 976. The number of aliphatic carboxylic acids is 1. The van der Waals surface area contributed by atoms with E-state index in [0.29, 0.717) is 28.7 Å². The number of carbonyl (C=O) groups excluding carboxylic acids is 1. The molecule has 29 heavy (non-hydrogen) atoms. The van der Waals surface area contributed by atoms with E-state index in [4.69, 9.17) is 5.11 Å². The second-order valence-electron chi connectivity index (χ2n) is 6.65. The molecule has 1 unspecified atom stereocenters. The first-order valence-electron chi connectivity index (χ1n) is 8.90. The van der Waals surface area contributed by atoms with E-state index in [-0.39, 0.29) is 18.4 Å². The van der Waals surface area contributed by atoms with Crippen LogP contribution in [0.3, 0.4) is 0 Å². The SMILES string of the molecule is O=C(O)CC1=CCC(NC(=O)c2ccccc2-c2ccc(C(F)(F)F)cc2)C=C1. The van der Waals surface area contributed by atoms with Gasteiger partial charge in [-0.1, -0.05) is 48.6 Å². The van der Waals surface area contributed by atoms with Gasteiger partial charge in [-0.15, -0.1) is 0 Å². The molecule has 2 aromatic carbocycles. The fraction of sp³-hybridized carbons (Fsp3) is 0.182. The van der Waals surface area contributed by atoms with Crippen LogP contribution in [-0.4, -0.2) is 23.0 Å². The van der Waals surface area contributed by atoms with Gasteiger partial charge in [-0.3, -0.25) is 9.59 Å². The summed E-state index contributed by atoms with van der Waals surface area (Å²) >= 11 is 0. The molecule has 0 spiro atoms. The van der Waals surface area contributed by atoms with Crippen molar-refractivity contribution < 1.29 is 27.9 Å². The van der Waals surface area contributed by atoms with Crippen LogP contribution in [0.15, 0.2) is 72.3 Å². The third-order valence-corrected chi connectivity index (χ3v) is 4.54. The molecule has 1 amide bonds. The van der Waals surface area contributed by atoms with Crippen molar-refractivity contribution in [2.24, 2.45) is 0 Å². The molecule has 0 saturated heterocycles. The zero-order valence-electron chi connectivity index (χ0n) is 15.2. The quantitative estimate of drug-likeness (QED) is 0.754. The highest BCUT2D eigenvalue weighted by atomic mass is 19.4. The highest BCUT2D eigenvalue weighted by Gasteiger charge is 2.30. The van der Waals surface area contributed by atoms with Crippen molar-refractivity contribution in [3.8, 4) is 11.1 Å². The van der Waals surface area contributed by atoms with Crippen LogP contribution in [0.5, 0.6) is 0 Å². The molecule has 150 valence electrons. The molecule has 7 heteroatoms. The summed E-state index contributed by atoms with van der Waals surface area (Å²) in [5, 5.41) is 11.7. The molecule has 1 atom stereocenters. The summed E-state index contributed by atoms with van der Waals surface area (Å²) in [4.78, 5) is 23.5. The van der Waals surface area contributed by atoms with Crippen LogP contribution >= 0.6 is 0 Å². The van der Waals surface area contributed by atoms with Crippen LogP contribution in [-0.2, 0) is 11.0 Å². The van der Waals surface area contributed by atoms with Crippen LogP contribution in [0.4, 0.5) is 13.2 Å². The molecule has 0 bridgehead atoms. The van der Waals surface area contributed by atoms with Gasteiger partial charge in [0.2, 0.25) is 0 Å². The van der Waals surface area contributed by atoms with Crippen molar-refractivity contribution in [3.63, 3.8) is 0 Å². The number of halogens is 3. The van der Waals surface area contributed by atoms with Crippen molar-refractivity contribution in [3.05, 3.63) is 83.5 Å². The minimum absolute atomic E-state index is 0.0755. The largest absolute Gasteiger partial charge is 0.481 e. The van der Waals surface area contributed by atoms with Crippen molar-refractivity contribution >= 4 is 11.9 Å². The number of hydrogen-bond acceptors (Lipinski definition) is 2. The van der Waals surface area contributed by atoms with Gasteiger partial charge in [0.25, 0.3) is 5.91 Å². The van der Waals surface area contributed by atoms with E-state index < -0.39 is 17.7 Å². The summed E-state index contributed by atoms with van der Waals surface area (Å²) in [6.45, 7) is 0. The number of carboxylic acids is 1. The molecule has 0 radical (unpaired) electrons. The number of allylic oxidation sites excluding steroid dienone is 1. The Balaban J connectivity index is 1.76. The van der Waals surface area contributed by atoms with E-state index in [1.165, 1.54) is 12.1 Å². The number of hydrogen-bond donors (Lipinski definition) is 2. The third kappa shape index (κ3) is 5.13. The normalized spacial score (nSPS) is 16.2. The predicted molar refractivity (Wildman–Crippen MR) is 102 cm³/mol. The van der Waals surface area contributed by atoms with Gasteiger partial charge < -0.3 is 10.4 Å². The zero-order valence-corrected chi connectivity index (χ0v) is 15.2. The summed E-state index contributed by atoms with van der Waals surface area (Å²) in [5.74, 6) is -1.28. The standard InChI is InChI=1S/C22H18F3NO3/c23-22(24,25)16-9-7-15(8-10-16)18-3-1-2-4-19(18)21(29)26-17-11-5-14(6-12-17)13-20(27)28/h1-11,17H,12-13H2,(H,26,29)(H,27,28). The molecular formula is C22H18F3NO3. The molecular weight excluding hydrogens is 383 g/mol. The Morgan fingerprint density at radius 3 is 2.34 bits per heavy atom. The Kier molecular flexibility index (Phi) is 5.87. The lowest BCUT2D eigenvalue weighted by Gasteiger charge is -2.19. The maximum Gasteiger partial charge on any atom is 0.416 e. The average molecular weight is 401 g/mol. The van der Waals surface area contributed by atoms with Gasteiger partial charge >= 0.3 is 12.1 Å². The van der Waals surface area contributed by atoms with E-state index in [0.717, 1.165) is 12.1 Å². The number of amides is 1. The van der Waals surface area contributed by atoms with Crippen molar-refractivity contribution in [2.45, 2.75) is 25.1 Å². The minimum atomic E-state index is -4.42. The Morgan fingerprint density at radius 1 is 1.07 bits per heavy atom. The molecule has 3 rings (SSSR count). The molecule has 0 aliphatic heterocycles. The monoisotopic (exact) mass is 401 g/mol. The molecule has 2 aromatic rings. The summed E-state index contributed by atoms with van der Waals surface area (Å²) in [5.41, 5.74) is 1.31. The number of carbonyl (C=O) groups is 2. The van der Waals surface area contributed by atoms with E-state index in [9.17, 15) is 22.8 Å². The van der Waals surface area contributed by atoms with Crippen molar-refractivity contribution in [1.29, 1.82) is 0 Å². The third-order valence-electron chi connectivity index (χ3n) is 4.54. The molecule has 0 heterocycles. The lowest BCUT2D eigenvalue weighted by molar-refractivity contribution is -0.138. The summed E-state index contributed by atoms with van der Waals surface area (Å²) in [6.07, 6.45) is 1.14. The summed E-state index contributed by atoms with van der Waals surface area (Å²) in [7, 11) is 0. The van der Waals surface area contributed by atoms with E-state index >= 15 is 0 Å². The van der Waals surface area contributed by atoms with Gasteiger partial charge in [0, 0.05) is 5.56 Å². The molecule has 0 fully saturated rings. The molecule has 0 saturated carbocycles. The van der Waals surface area contributed by atoms with Gasteiger partial charge in [-0.05, 0) is 41.3 Å². The summed E-state index contributed by atoms with van der Waals surface area (Å²) in [6, 6.07) is 11.1. The maximum atomic E-state index is 12.8. The highest BCUT2D eigenvalue weighted by molar-refractivity contribution is 6.01. The zero-order chi connectivity index (χ0) is 21.0. The first-order valence-corrected chi connectivity index (χ1v) is 8.90. The molecule has 1 aliphatic rings. The molecule has 1 aliphatic carbocycles. The Hall–Kier alpha value is -3.35. The number of rotatable bonds is 5. The summed E-state index contributed by atoms with van der Waals surface area (Å²) < 4.78 is 38.3. The highest BCUT2D eigenvalue weighted by Crippen LogP contribution is 2.32. The van der Waals surface area contributed by atoms with E-state index in [2.05, 4.69) is 5.32 Å². The van der Waals surface area contributed by atoms with Gasteiger partial charge in [-0.25, -0.2) is 0 Å². The van der Waals surface area contributed by atoms with Crippen LogP contribution in [0.1, 0.15) is 28.8 Å². The van der Waals surface area contributed by atoms with E-state index in [1.54, 1.807) is 42.5 Å². The predicted octanol–water partition coefficient (Wildman–Crippen LogP) is 4.83. The van der Waals surface area contributed by atoms with Gasteiger partial charge in [0.1, 0.15) is 0 Å². The van der Waals surface area contributed by atoms with Crippen molar-refractivity contribution in [1.82, 2.24) is 5.32 Å². The topological polar surface area (TPSA) is 66.4 Å². The van der Waals surface area contributed by atoms with Crippen LogP contribution < -0.4 is 5.32 Å².